The summed E-state index contributed by atoms with van der Waals surface area (Å²) in [5, 5.41) is 8.08. The number of fused-ring (bicyclic) bond motifs is 1. The zero-order valence-electron chi connectivity index (χ0n) is 15.5. The van der Waals surface area contributed by atoms with Crippen LogP contribution in [0.4, 0.5) is 5.82 Å². The number of para-hydroxylation sites is 1. The molecule has 0 aliphatic carbocycles. The predicted molar refractivity (Wildman–Crippen MR) is 110 cm³/mol. The Kier molecular flexibility index (Phi) is 5.03. The Hall–Kier alpha value is -3.26. The number of hydrogen-bond acceptors (Lipinski definition) is 5. The second-order valence-electron chi connectivity index (χ2n) is 6.18. The first-order valence-electron chi connectivity index (χ1n) is 8.71. The highest BCUT2D eigenvalue weighted by molar-refractivity contribution is 7.99. The van der Waals surface area contributed by atoms with Crippen molar-refractivity contribution in [2.45, 2.75) is 12.1 Å². The second kappa shape index (κ2) is 7.77. The highest BCUT2D eigenvalue weighted by Crippen LogP contribution is 2.23. The summed E-state index contributed by atoms with van der Waals surface area (Å²) in [5.74, 6) is 1.51. The number of H-pyrrole nitrogens is 1. The van der Waals surface area contributed by atoms with Gasteiger partial charge in [0.2, 0.25) is 5.91 Å². The number of aryl methyl sites for hydroxylation is 1. The highest BCUT2D eigenvalue weighted by Gasteiger charge is 2.12. The number of ether oxygens (including phenoxy) is 1. The SMILES string of the molecule is COc1ccc2nc(SCC(=O)Nc3cc(C)nn3-c3ccccc3)[nH]c2c1. The number of anilines is 1. The molecular weight excluding hydrogens is 374 g/mol. The van der Waals surface area contributed by atoms with Crippen molar-refractivity contribution in [1.82, 2.24) is 19.7 Å². The van der Waals surface area contributed by atoms with E-state index in [1.165, 1.54) is 11.8 Å². The van der Waals surface area contributed by atoms with Gasteiger partial charge in [-0.1, -0.05) is 30.0 Å². The smallest absolute Gasteiger partial charge is 0.236 e. The molecule has 0 spiro atoms. The lowest BCUT2D eigenvalue weighted by atomic mass is 10.3. The number of aromatic nitrogens is 4. The van der Waals surface area contributed by atoms with E-state index in [1.54, 1.807) is 11.8 Å². The molecule has 0 radical (unpaired) electrons. The predicted octanol–water partition coefficient (Wildman–Crippen LogP) is 3.80. The van der Waals surface area contributed by atoms with Crippen LogP contribution < -0.4 is 10.1 Å². The van der Waals surface area contributed by atoms with Crippen molar-refractivity contribution in [1.29, 1.82) is 0 Å². The molecule has 0 aliphatic heterocycles. The highest BCUT2D eigenvalue weighted by atomic mass is 32.2. The number of hydrogen-bond donors (Lipinski definition) is 2. The number of rotatable bonds is 6. The summed E-state index contributed by atoms with van der Waals surface area (Å²) < 4.78 is 6.95. The van der Waals surface area contributed by atoms with Crippen LogP contribution in [0.2, 0.25) is 0 Å². The minimum atomic E-state index is -0.125. The summed E-state index contributed by atoms with van der Waals surface area (Å²) in [6.07, 6.45) is 0. The van der Waals surface area contributed by atoms with E-state index in [0.29, 0.717) is 11.0 Å². The molecular formula is C20H19N5O2S. The molecule has 1 amide bonds. The number of nitrogens with zero attached hydrogens (tertiary/aromatic N) is 3. The average Bonchev–Trinajstić information content (AvgIpc) is 3.29. The molecule has 2 N–H and O–H groups in total. The van der Waals surface area contributed by atoms with E-state index in [0.717, 1.165) is 28.2 Å². The van der Waals surface area contributed by atoms with Crippen molar-refractivity contribution in [2.75, 3.05) is 18.2 Å². The van der Waals surface area contributed by atoms with Crippen LogP contribution in [-0.2, 0) is 4.79 Å². The molecule has 0 atom stereocenters. The van der Waals surface area contributed by atoms with Crippen LogP contribution in [0.3, 0.4) is 0 Å². The van der Waals surface area contributed by atoms with Crippen LogP contribution in [0, 0.1) is 6.92 Å². The van der Waals surface area contributed by atoms with Gasteiger partial charge in [-0.2, -0.15) is 5.10 Å². The monoisotopic (exact) mass is 393 g/mol. The Morgan fingerprint density at radius 2 is 2.04 bits per heavy atom. The molecule has 2 aromatic heterocycles. The molecule has 8 heteroatoms. The Bertz CT molecular complexity index is 1120. The summed E-state index contributed by atoms with van der Waals surface area (Å²) in [5.41, 5.74) is 3.43. The minimum absolute atomic E-state index is 0.125. The largest absolute Gasteiger partial charge is 0.497 e. The van der Waals surface area contributed by atoms with Gasteiger partial charge in [-0.25, -0.2) is 9.67 Å². The minimum Gasteiger partial charge on any atom is -0.497 e. The molecule has 2 aromatic carbocycles. The Labute approximate surface area is 166 Å². The van der Waals surface area contributed by atoms with Crippen LogP contribution in [0.5, 0.6) is 5.75 Å². The van der Waals surface area contributed by atoms with Crippen molar-refractivity contribution in [3.8, 4) is 11.4 Å². The van der Waals surface area contributed by atoms with E-state index >= 15 is 0 Å². The van der Waals surface area contributed by atoms with E-state index in [-0.39, 0.29) is 11.7 Å². The number of thioether (sulfide) groups is 1. The standard InChI is InChI=1S/C20H19N5O2S/c1-13-10-18(25(24-13)14-6-4-3-5-7-14)23-19(26)12-28-20-21-16-9-8-15(27-2)11-17(16)22-20/h3-11H,12H2,1-2H3,(H,21,22)(H,23,26). The fourth-order valence-electron chi connectivity index (χ4n) is 2.83. The number of aromatic amines is 1. The Morgan fingerprint density at radius 1 is 1.21 bits per heavy atom. The molecule has 7 nitrogen and oxygen atoms in total. The van der Waals surface area contributed by atoms with Crippen molar-refractivity contribution in [2.24, 2.45) is 0 Å². The number of carbonyl (C=O) groups is 1. The lowest BCUT2D eigenvalue weighted by molar-refractivity contribution is -0.113. The molecule has 4 rings (SSSR count). The molecule has 0 bridgehead atoms. The van der Waals surface area contributed by atoms with E-state index < -0.39 is 0 Å². The molecule has 4 aromatic rings. The van der Waals surface area contributed by atoms with Crippen LogP contribution >= 0.6 is 11.8 Å². The van der Waals surface area contributed by atoms with Gasteiger partial charge in [-0.15, -0.1) is 0 Å². The zero-order chi connectivity index (χ0) is 19.5. The second-order valence-corrected chi connectivity index (χ2v) is 7.14. The van der Waals surface area contributed by atoms with E-state index in [2.05, 4.69) is 20.4 Å². The number of amides is 1. The quantitative estimate of drug-likeness (QED) is 0.487. The zero-order valence-corrected chi connectivity index (χ0v) is 16.3. The first-order chi connectivity index (χ1) is 13.6. The van der Waals surface area contributed by atoms with Crippen LogP contribution in [0.25, 0.3) is 16.7 Å². The lowest BCUT2D eigenvalue weighted by Gasteiger charge is -2.08. The maximum Gasteiger partial charge on any atom is 0.236 e. The lowest BCUT2D eigenvalue weighted by Crippen LogP contribution is -2.17. The summed E-state index contributed by atoms with van der Waals surface area (Å²) in [6.45, 7) is 1.90. The van der Waals surface area contributed by atoms with Crippen molar-refractivity contribution < 1.29 is 9.53 Å². The van der Waals surface area contributed by atoms with Gasteiger partial charge in [0.05, 0.1) is 35.3 Å². The first-order valence-corrected chi connectivity index (χ1v) is 9.69. The van der Waals surface area contributed by atoms with E-state index in [1.807, 2.05) is 61.5 Å². The number of nitrogens with one attached hydrogen (secondary N) is 2. The van der Waals surface area contributed by atoms with E-state index in [4.69, 9.17) is 4.74 Å². The van der Waals surface area contributed by atoms with Crippen molar-refractivity contribution >= 4 is 34.5 Å². The van der Waals surface area contributed by atoms with Gasteiger partial charge in [0.15, 0.2) is 5.16 Å². The van der Waals surface area contributed by atoms with Crippen LogP contribution in [-0.4, -0.2) is 38.5 Å². The number of carbonyl (C=O) groups excluding carboxylic acids is 1. The van der Waals surface area contributed by atoms with Gasteiger partial charge in [-0.3, -0.25) is 4.79 Å². The first kappa shape index (κ1) is 18.1. The molecule has 0 saturated heterocycles. The van der Waals surface area contributed by atoms with Crippen LogP contribution in [0.15, 0.2) is 59.8 Å². The summed E-state index contributed by atoms with van der Waals surface area (Å²) in [6, 6.07) is 17.2. The molecule has 0 fully saturated rings. The van der Waals surface area contributed by atoms with Gasteiger partial charge in [0.1, 0.15) is 11.6 Å². The molecule has 0 saturated carbocycles. The fourth-order valence-corrected chi connectivity index (χ4v) is 3.51. The van der Waals surface area contributed by atoms with Gasteiger partial charge < -0.3 is 15.0 Å². The maximum absolute atomic E-state index is 12.5. The van der Waals surface area contributed by atoms with Crippen LogP contribution in [0.1, 0.15) is 5.69 Å². The normalized spacial score (nSPS) is 10.9. The van der Waals surface area contributed by atoms with E-state index in [9.17, 15) is 4.79 Å². The topological polar surface area (TPSA) is 84.8 Å². The summed E-state index contributed by atoms with van der Waals surface area (Å²) in [7, 11) is 1.62. The fraction of sp³-hybridized carbons (Fsp3) is 0.150. The third-order valence-electron chi connectivity index (χ3n) is 4.11. The molecule has 0 unspecified atom stereocenters. The molecule has 2 heterocycles. The average molecular weight is 393 g/mol. The van der Waals surface area contributed by atoms with Gasteiger partial charge in [-0.05, 0) is 31.2 Å². The summed E-state index contributed by atoms with van der Waals surface area (Å²) >= 11 is 1.35. The summed E-state index contributed by atoms with van der Waals surface area (Å²) in [4.78, 5) is 20.2. The van der Waals surface area contributed by atoms with Gasteiger partial charge in [0, 0.05) is 12.1 Å². The molecule has 28 heavy (non-hydrogen) atoms. The number of methoxy groups -OCH3 is 1. The Balaban J connectivity index is 1.44. The van der Waals surface area contributed by atoms with Crippen molar-refractivity contribution in [3.63, 3.8) is 0 Å². The van der Waals surface area contributed by atoms with Gasteiger partial charge in [0.25, 0.3) is 0 Å². The molecule has 142 valence electrons. The van der Waals surface area contributed by atoms with Crippen molar-refractivity contribution in [3.05, 3.63) is 60.3 Å². The van der Waals surface area contributed by atoms with Gasteiger partial charge >= 0.3 is 0 Å². The number of imidazole rings is 1. The molecule has 0 aliphatic rings. The number of benzene rings is 2. The third-order valence-corrected chi connectivity index (χ3v) is 4.98. The third kappa shape index (κ3) is 3.86. The maximum atomic E-state index is 12.5. The Morgan fingerprint density at radius 3 is 2.82 bits per heavy atom.